The Morgan fingerprint density at radius 1 is 1.03 bits per heavy atom. The topological polar surface area (TPSA) is 115 Å². The fraction of sp³-hybridized carbons (Fsp3) is 0.120. The number of para-hydroxylation sites is 1. The van der Waals surface area contributed by atoms with E-state index in [4.69, 9.17) is 0 Å². The molecule has 0 aliphatic carbocycles. The van der Waals surface area contributed by atoms with Crippen LogP contribution in [0.5, 0.6) is 0 Å². The summed E-state index contributed by atoms with van der Waals surface area (Å²) in [5, 5.41) is 24.2. The van der Waals surface area contributed by atoms with Gasteiger partial charge in [0.25, 0.3) is 11.6 Å². The summed E-state index contributed by atoms with van der Waals surface area (Å²) < 4.78 is 1.92. The van der Waals surface area contributed by atoms with E-state index < -0.39 is 4.92 Å². The number of hydrogen-bond acceptors (Lipinski definition) is 7. The first kappa shape index (κ1) is 23.8. The molecule has 1 N–H and O–H groups in total. The first-order valence-corrected chi connectivity index (χ1v) is 11.7. The molecule has 0 unspecified atom stereocenters. The van der Waals surface area contributed by atoms with Crippen LogP contribution in [0.3, 0.4) is 0 Å². The van der Waals surface area contributed by atoms with Crippen molar-refractivity contribution in [3.63, 3.8) is 0 Å². The average Bonchev–Trinajstić information content (AvgIpc) is 3.31. The van der Waals surface area contributed by atoms with Crippen LogP contribution in [0.2, 0.25) is 0 Å². The number of nitrogens with zero attached hydrogens (tertiary/aromatic N) is 5. The molecular formula is C25H22N6O3S. The number of thioether (sulfide) groups is 1. The van der Waals surface area contributed by atoms with Crippen molar-refractivity contribution >= 4 is 29.1 Å². The second kappa shape index (κ2) is 10.7. The molecule has 3 aromatic carbocycles. The molecule has 35 heavy (non-hydrogen) atoms. The molecule has 1 aromatic heterocycles. The van der Waals surface area contributed by atoms with Gasteiger partial charge in [0.2, 0.25) is 0 Å². The van der Waals surface area contributed by atoms with Crippen LogP contribution in [0.15, 0.2) is 89.1 Å². The molecule has 0 radical (unpaired) electrons. The zero-order chi connectivity index (χ0) is 24.8. The molecule has 10 heteroatoms. The summed E-state index contributed by atoms with van der Waals surface area (Å²) in [6, 6.07) is 23.7. The fourth-order valence-electron chi connectivity index (χ4n) is 3.26. The lowest BCUT2D eigenvalue weighted by Crippen LogP contribution is -2.21. The quantitative estimate of drug-likeness (QED) is 0.166. The van der Waals surface area contributed by atoms with Gasteiger partial charge in [0.1, 0.15) is 0 Å². The van der Waals surface area contributed by atoms with Gasteiger partial charge in [-0.15, -0.1) is 10.2 Å². The van der Waals surface area contributed by atoms with Crippen molar-refractivity contribution in [3.8, 4) is 17.1 Å². The minimum atomic E-state index is -0.465. The van der Waals surface area contributed by atoms with Crippen molar-refractivity contribution < 1.29 is 9.72 Å². The maximum Gasteiger partial charge on any atom is 0.269 e. The Kier molecular flexibility index (Phi) is 7.32. The monoisotopic (exact) mass is 486 g/mol. The maximum absolute atomic E-state index is 12.5. The number of non-ortho nitro benzene ring substituents is 1. The fourth-order valence-corrected chi connectivity index (χ4v) is 4.00. The highest BCUT2D eigenvalue weighted by Gasteiger charge is 2.17. The van der Waals surface area contributed by atoms with E-state index in [1.54, 1.807) is 19.1 Å². The van der Waals surface area contributed by atoms with Crippen molar-refractivity contribution in [1.82, 2.24) is 20.2 Å². The van der Waals surface area contributed by atoms with Gasteiger partial charge in [-0.3, -0.25) is 19.5 Å². The molecule has 0 fully saturated rings. The van der Waals surface area contributed by atoms with Gasteiger partial charge >= 0.3 is 0 Å². The zero-order valence-corrected chi connectivity index (χ0v) is 19.9. The summed E-state index contributed by atoms with van der Waals surface area (Å²) in [5.74, 6) is 0.456. The van der Waals surface area contributed by atoms with Crippen LogP contribution in [0, 0.1) is 17.0 Å². The Hall–Kier alpha value is -4.31. The molecule has 0 aliphatic rings. The van der Waals surface area contributed by atoms with Crippen molar-refractivity contribution in [2.75, 3.05) is 5.75 Å². The number of amides is 1. The smallest absolute Gasteiger partial charge is 0.269 e. The van der Waals surface area contributed by atoms with Gasteiger partial charge in [0, 0.05) is 23.4 Å². The number of aromatic nitrogens is 3. The number of nitro groups is 1. The van der Waals surface area contributed by atoms with E-state index in [0.29, 0.717) is 22.3 Å². The molecule has 0 saturated heterocycles. The average molecular weight is 487 g/mol. The molecule has 9 nitrogen and oxygen atoms in total. The van der Waals surface area contributed by atoms with Gasteiger partial charge in [0.05, 0.1) is 16.4 Å². The van der Waals surface area contributed by atoms with Gasteiger partial charge in [-0.2, -0.15) is 5.10 Å². The van der Waals surface area contributed by atoms with Crippen molar-refractivity contribution in [1.29, 1.82) is 0 Å². The third-order valence-corrected chi connectivity index (χ3v) is 6.06. The van der Waals surface area contributed by atoms with E-state index in [2.05, 4.69) is 20.7 Å². The molecule has 4 aromatic rings. The molecule has 0 spiro atoms. The Balaban J connectivity index is 1.48. The van der Waals surface area contributed by atoms with Crippen molar-refractivity contribution in [2.45, 2.75) is 19.0 Å². The number of rotatable bonds is 8. The summed E-state index contributed by atoms with van der Waals surface area (Å²) in [5.41, 5.74) is 6.70. The van der Waals surface area contributed by atoms with Crippen LogP contribution < -0.4 is 5.43 Å². The molecule has 176 valence electrons. The van der Waals surface area contributed by atoms with Crippen LogP contribution in [-0.4, -0.2) is 37.1 Å². The Morgan fingerprint density at radius 3 is 2.37 bits per heavy atom. The summed E-state index contributed by atoms with van der Waals surface area (Å²) >= 11 is 1.25. The first-order valence-electron chi connectivity index (χ1n) is 10.7. The van der Waals surface area contributed by atoms with Crippen LogP contribution in [-0.2, 0) is 4.79 Å². The molecular weight excluding hydrogens is 464 g/mol. The maximum atomic E-state index is 12.5. The van der Waals surface area contributed by atoms with Crippen molar-refractivity contribution in [3.05, 3.63) is 100 Å². The van der Waals surface area contributed by atoms with E-state index in [1.807, 2.05) is 66.1 Å². The standard InChI is InChI=1S/C25H22N6O3S/c1-17-8-10-20(11-9-17)24-28-29-25(30(24)21-6-4-3-5-7-21)35-16-23(32)27-26-18(2)19-12-14-22(15-13-19)31(33)34/h3-15H,16H2,1-2H3,(H,27,32). The third-order valence-electron chi connectivity index (χ3n) is 5.13. The number of nitrogens with one attached hydrogen (secondary N) is 1. The van der Waals surface area contributed by atoms with Crippen molar-refractivity contribution in [2.24, 2.45) is 5.10 Å². The molecule has 0 aliphatic heterocycles. The van der Waals surface area contributed by atoms with Crippen LogP contribution in [0.25, 0.3) is 17.1 Å². The SMILES string of the molecule is CC(=NNC(=O)CSc1nnc(-c2ccc(C)cc2)n1-c1ccccc1)c1ccc([N+](=O)[O-])cc1. The molecule has 0 bridgehead atoms. The second-order valence-electron chi connectivity index (χ2n) is 7.67. The molecule has 1 amide bonds. The minimum Gasteiger partial charge on any atom is -0.272 e. The van der Waals surface area contributed by atoms with E-state index in [1.165, 1.54) is 23.9 Å². The zero-order valence-electron chi connectivity index (χ0n) is 19.1. The molecule has 0 saturated carbocycles. The van der Waals surface area contributed by atoms with Gasteiger partial charge < -0.3 is 0 Å². The number of benzene rings is 3. The summed E-state index contributed by atoms with van der Waals surface area (Å²) in [6.07, 6.45) is 0. The molecule has 1 heterocycles. The van der Waals surface area contributed by atoms with E-state index in [9.17, 15) is 14.9 Å². The minimum absolute atomic E-state index is 0.00507. The van der Waals surface area contributed by atoms with Gasteiger partial charge in [-0.05, 0) is 43.7 Å². The van der Waals surface area contributed by atoms with Gasteiger partial charge in [0.15, 0.2) is 11.0 Å². The van der Waals surface area contributed by atoms with Gasteiger partial charge in [-0.1, -0.05) is 59.8 Å². The second-order valence-corrected chi connectivity index (χ2v) is 8.61. The normalized spacial score (nSPS) is 11.3. The highest BCUT2D eigenvalue weighted by atomic mass is 32.2. The van der Waals surface area contributed by atoms with Gasteiger partial charge in [-0.25, -0.2) is 5.43 Å². The number of nitro benzene ring substituents is 1. The highest BCUT2D eigenvalue weighted by Crippen LogP contribution is 2.28. The summed E-state index contributed by atoms with van der Waals surface area (Å²) in [6.45, 7) is 3.74. The summed E-state index contributed by atoms with van der Waals surface area (Å²) in [7, 11) is 0. The number of aryl methyl sites for hydroxylation is 1. The predicted octanol–water partition coefficient (Wildman–Crippen LogP) is 4.78. The first-order chi connectivity index (χ1) is 16.9. The van der Waals surface area contributed by atoms with Crippen LogP contribution >= 0.6 is 11.8 Å². The highest BCUT2D eigenvalue weighted by molar-refractivity contribution is 7.99. The number of hydrogen-bond donors (Lipinski definition) is 1. The number of carbonyl (C=O) groups excluding carboxylic acids is 1. The lowest BCUT2D eigenvalue weighted by molar-refractivity contribution is -0.384. The number of hydrazone groups is 1. The molecule has 4 rings (SSSR count). The largest absolute Gasteiger partial charge is 0.272 e. The lowest BCUT2D eigenvalue weighted by Gasteiger charge is -2.10. The Morgan fingerprint density at radius 2 is 1.71 bits per heavy atom. The van der Waals surface area contributed by atoms with Crippen LogP contribution in [0.1, 0.15) is 18.1 Å². The molecule has 0 atom stereocenters. The Bertz CT molecular complexity index is 1370. The Labute approximate surface area is 206 Å². The van der Waals surface area contributed by atoms with E-state index in [-0.39, 0.29) is 17.3 Å². The summed E-state index contributed by atoms with van der Waals surface area (Å²) in [4.78, 5) is 22.8. The third kappa shape index (κ3) is 5.79. The predicted molar refractivity (Wildman–Crippen MR) is 136 cm³/mol. The van der Waals surface area contributed by atoms with E-state index in [0.717, 1.165) is 16.8 Å². The lowest BCUT2D eigenvalue weighted by atomic mass is 10.1. The van der Waals surface area contributed by atoms with Crippen LogP contribution in [0.4, 0.5) is 5.69 Å². The van der Waals surface area contributed by atoms with E-state index >= 15 is 0 Å². The number of carbonyl (C=O) groups is 1.